The molecular formula is C13H18N2O3. The Morgan fingerprint density at radius 2 is 2.00 bits per heavy atom. The van der Waals surface area contributed by atoms with Crippen LogP contribution in [0.25, 0.3) is 0 Å². The molecule has 0 heterocycles. The highest BCUT2D eigenvalue weighted by molar-refractivity contribution is 5.94. The molecule has 0 aliphatic rings. The summed E-state index contributed by atoms with van der Waals surface area (Å²) >= 11 is 0. The number of carbonyl (C=O) groups excluding carboxylic acids is 2. The SMILES string of the molecule is Cc1cc(C(=O)NCCC(=O)N(C)C)ccc1O. The van der Waals surface area contributed by atoms with Gasteiger partial charge in [-0.15, -0.1) is 0 Å². The van der Waals surface area contributed by atoms with E-state index in [9.17, 15) is 14.7 Å². The first-order chi connectivity index (χ1) is 8.41. The maximum Gasteiger partial charge on any atom is 0.251 e. The van der Waals surface area contributed by atoms with Gasteiger partial charge in [0, 0.05) is 32.6 Å². The average Bonchev–Trinajstić information content (AvgIpc) is 2.32. The average molecular weight is 250 g/mol. The maximum absolute atomic E-state index is 11.7. The first-order valence-electron chi connectivity index (χ1n) is 5.70. The number of carbonyl (C=O) groups is 2. The van der Waals surface area contributed by atoms with Gasteiger partial charge >= 0.3 is 0 Å². The molecule has 98 valence electrons. The number of rotatable bonds is 4. The van der Waals surface area contributed by atoms with Gasteiger partial charge in [-0.2, -0.15) is 0 Å². The lowest BCUT2D eigenvalue weighted by molar-refractivity contribution is -0.128. The van der Waals surface area contributed by atoms with E-state index in [1.165, 1.54) is 11.0 Å². The van der Waals surface area contributed by atoms with Crippen LogP contribution in [0.3, 0.4) is 0 Å². The van der Waals surface area contributed by atoms with Crippen LogP contribution in [-0.4, -0.2) is 42.5 Å². The van der Waals surface area contributed by atoms with Gasteiger partial charge in [-0.25, -0.2) is 0 Å². The van der Waals surface area contributed by atoms with Crippen molar-refractivity contribution in [3.63, 3.8) is 0 Å². The number of phenolic OH excluding ortho intramolecular Hbond substituents is 1. The molecule has 0 unspecified atom stereocenters. The highest BCUT2D eigenvalue weighted by atomic mass is 16.3. The fourth-order valence-corrected chi connectivity index (χ4v) is 1.41. The van der Waals surface area contributed by atoms with Crippen LogP contribution in [0.1, 0.15) is 22.3 Å². The quantitative estimate of drug-likeness (QED) is 0.834. The van der Waals surface area contributed by atoms with E-state index in [2.05, 4.69) is 5.32 Å². The number of nitrogens with zero attached hydrogens (tertiary/aromatic N) is 1. The summed E-state index contributed by atoms with van der Waals surface area (Å²) in [6.45, 7) is 2.03. The molecule has 0 atom stereocenters. The molecule has 0 spiro atoms. The van der Waals surface area contributed by atoms with Gasteiger partial charge < -0.3 is 15.3 Å². The molecule has 1 aromatic carbocycles. The summed E-state index contributed by atoms with van der Waals surface area (Å²) in [6, 6.07) is 4.64. The van der Waals surface area contributed by atoms with Crippen molar-refractivity contribution < 1.29 is 14.7 Å². The summed E-state index contributed by atoms with van der Waals surface area (Å²) < 4.78 is 0. The lowest BCUT2D eigenvalue weighted by Gasteiger charge is -2.10. The molecule has 1 aromatic rings. The van der Waals surface area contributed by atoms with Crippen molar-refractivity contribution in [3.05, 3.63) is 29.3 Å². The highest BCUT2D eigenvalue weighted by Gasteiger charge is 2.08. The van der Waals surface area contributed by atoms with E-state index in [1.54, 1.807) is 33.2 Å². The molecule has 0 aliphatic carbocycles. The van der Waals surface area contributed by atoms with E-state index in [0.29, 0.717) is 17.7 Å². The standard InChI is InChI=1S/C13H18N2O3/c1-9-8-10(4-5-11(9)16)13(18)14-7-6-12(17)15(2)3/h4-5,8,16H,6-7H2,1-3H3,(H,14,18). The van der Waals surface area contributed by atoms with E-state index in [-0.39, 0.29) is 24.0 Å². The molecule has 18 heavy (non-hydrogen) atoms. The first kappa shape index (κ1) is 14.0. The van der Waals surface area contributed by atoms with Crippen molar-refractivity contribution in [3.8, 4) is 5.75 Å². The second-order valence-electron chi connectivity index (χ2n) is 4.30. The lowest BCUT2D eigenvalue weighted by atomic mass is 10.1. The normalized spacial score (nSPS) is 9.94. The molecule has 1 rings (SSSR count). The van der Waals surface area contributed by atoms with Gasteiger partial charge in [0.25, 0.3) is 5.91 Å². The number of nitrogens with one attached hydrogen (secondary N) is 1. The van der Waals surface area contributed by atoms with Crippen LogP contribution in [0.15, 0.2) is 18.2 Å². The van der Waals surface area contributed by atoms with Crippen molar-refractivity contribution in [1.29, 1.82) is 0 Å². The maximum atomic E-state index is 11.7. The predicted molar refractivity (Wildman–Crippen MR) is 68.5 cm³/mol. The van der Waals surface area contributed by atoms with E-state index in [0.717, 1.165) is 0 Å². The smallest absolute Gasteiger partial charge is 0.251 e. The minimum Gasteiger partial charge on any atom is -0.508 e. The number of amides is 2. The Hall–Kier alpha value is -2.04. The van der Waals surface area contributed by atoms with E-state index in [4.69, 9.17) is 0 Å². The molecule has 0 bridgehead atoms. The monoisotopic (exact) mass is 250 g/mol. The molecule has 2 amide bonds. The van der Waals surface area contributed by atoms with Gasteiger partial charge in [-0.05, 0) is 30.7 Å². The van der Waals surface area contributed by atoms with Crippen molar-refractivity contribution >= 4 is 11.8 Å². The van der Waals surface area contributed by atoms with Gasteiger partial charge in [-0.3, -0.25) is 9.59 Å². The lowest BCUT2D eigenvalue weighted by Crippen LogP contribution is -2.30. The largest absolute Gasteiger partial charge is 0.508 e. The van der Waals surface area contributed by atoms with E-state index >= 15 is 0 Å². The molecule has 0 aliphatic heterocycles. The Bertz CT molecular complexity index is 456. The summed E-state index contributed by atoms with van der Waals surface area (Å²) in [6.07, 6.45) is 0.274. The highest BCUT2D eigenvalue weighted by Crippen LogP contribution is 2.16. The summed E-state index contributed by atoms with van der Waals surface area (Å²) in [4.78, 5) is 24.5. The molecule has 5 nitrogen and oxygen atoms in total. The van der Waals surface area contributed by atoms with Crippen LogP contribution in [0.4, 0.5) is 0 Å². The van der Waals surface area contributed by atoms with Crippen molar-refractivity contribution in [2.75, 3.05) is 20.6 Å². The van der Waals surface area contributed by atoms with Crippen LogP contribution in [-0.2, 0) is 4.79 Å². The van der Waals surface area contributed by atoms with Gasteiger partial charge in [0.05, 0.1) is 0 Å². The van der Waals surface area contributed by atoms with Gasteiger partial charge in [0.1, 0.15) is 5.75 Å². The molecule has 0 fully saturated rings. The number of hydrogen-bond acceptors (Lipinski definition) is 3. The van der Waals surface area contributed by atoms with Crippen LogP contribution >= 0.6 is 0 Å². The van der Waals surface area contributed by atoms with Gasteiger partial charge in [-0.1, -0.05) is 0 Å². The zero-order valence-electron chi connectivity index (χ0n) is 10.9. The third kappa shape index (κ3) is 3.76. The molecule has 0 radical (unpaired) electrons. The summed E-state index contributed by atoms with van der Waals surface area (Å²) in [7, 11) is 3.35. The van der Waals surface area contributed by atoms with Crippen molar-refractivity contribution in [2.24, 2.45) is 0 Å². The van der Waals surface area contributed by atoms with E-state index < -0.39 is 0 Å². The van der Waals surface area contributed by atoms with Crippen molar-refractivity contribution in [2.45, 2.75) is 13.3 Å². The summed E-state index contributed by atoms with van der Waals surface area (Å²) in [5, 5.41) is 12.0. The predicted octanol–water partition coefficient (Wildman–Crippen LogP) is 0.909. The number of benzene rings is 1. The Morgan fingerprint density at radius 3 is 2.56 bits per heavy atom. The summed E-state index contributed by atoms with van der Waals surface area (Å²) in [5.41, 5.74) is 1.12. The second-order valence-corrected chi connectivity index (χ2v) is 4.30. The summed E-state index contributed by atoms with van der Waals surface area (Å²) in [5.74, 6) is -0.115. The number of hydrogen-bond donors (Lipinski definition) is 2. The van der Waals surface area contributed by atoms with Crippen LogP contribution in [0.2, 0.25) is 0 Å². The third-order valence-corrected chi connectivity index (χ3v) is 2.58. The minimum atomic E-state index is -0.246. The fraction of sp³-hybridized carbons (Fsp3) is 0.385. The van der Waals surface area contributed by atoms with E-state index in [1.807, 2.05) is 0 Å². The van der Waals surface area contributed by atoms with Crippen LogP contribution < -0.4 is 5.32 Å². The molecule has 5 heteroatoms. The Morgan fingerprint density at radius 1 is 1.33 bits per heavy atom. The van der Waals surface area contributed by atoms with Gasteiger partial charge in [0.2, 0.25) is 5.91 Å². The van der Waals surface area contributed by atoms with Crippen LogP contribution in [0.5, 0.6) is 5.75 Å². The Kier molecular flexibility index (Phi) is 4.71. The van der Waals surface area contributed by atoms with Crippen LogP contribution in [0, 0.1) is 6.92 Å². The zero-order chi connectivity index (χ0) is 13.7. The molecule has 0 saturated heterocycles. The zero-order valence-corrected chi connectivity index (χ0v) is 10.9. The number of phenols is 1. The third-order valence-electron chi connectivity index (χ3n) is 2.58. The Balaban J connectivity index is 2.50. The topological polar surface area (TPSA) is 69.6 Å². The fourth-order valence-electron chi connectivity index (χ4n) is 1.41. The minimum absolute atomic E-state index is 0.0304. The van der Waals surface area contributed by atoms with Gasteiger partial charge in [0.15, 0.2) is 0 Å². The Labute approximate surface area is 106 Å². The second kappa shape index (κ2) is 6.05. The molecule has 2 N–H and O–H groups in total. The van der Waals surface area contributed by atoms with Crippen molar-refractivity contribution in [1.82, 2.24) is 10.2 Å². The molecule has 0 saturated carbocycles. The number of aryl methyl sites for hydroxylation is 1. The number of aromatic hydroxyl groups is 1. The molecule has 0 aromatic heterocycles. The molecular weight excluding hydrogens is 232 g/mol. The first-order valence-corrected chi connectivity index (χ1v) is 5.70.